The normalized spacial score (nSPS) is 19.9. The van der Waals surface area contributed by atoms with Gasteiger partial charge in [-0.1, -0.05) is 91.9 Å². The van der Waals surface area contributed by atoms with E-state index in [9.17, 15) is 0 Å². The van der Waals surface area contributed by atoms with Gasteiger partial charge in [0.15, 0.2) is 0 Å². The maximum Gasteiger partial charge on any atom is 0.129 e. The van der Waals surface area contributed by atoms with Crippen molar-refractivity contribution in [2.24, 2.45) is 10.8 Å². The van der Waals surface area contributed by atoms with Crippen LogP contribution in [0.15, 0.2) is 97.1 Å². The zero-order valence-electron chi connectivity index (χ0n) is 26.8. The van der Waals surface area contributed by atoms with Crippen molar-refractivity contribution in [2.45, 2.75) is 65.3 Å². The SMILES string of the molecule is CC(C)(C)Oc1ccc(-c2ccc(C#Cc3ccc(-c4ccc(C#CC56CC(C#C[Si](C)(C)C)(C5)C6)cc4)cc3)cc2)cc1. The van der Waals surface area contributed by atoms with Crippen LogP contribution in [0.5, 0.6) is 5.75 Å². The van der Waals surface area contributed by atoms with Gasteiger partial charge in [0, 0.05) is 27.5 Å². The van der Waals surface area contributed by atoms with Crippen molar-refractivity contribution in [3.8, 4) is 63.1 Å². The highest BCUT2D eigenvalue weighted by atomic mass is 28.3. The molecule has 3 saturated carbocycles. The lowest BCUT2D eigenvalue weighted by Gasteiger charge is -2.66. The van der Waals surface area contributed by atoms with Crippen LogP contribution in [-0.4, -0.2) is 13.7 Å². The van der Waals surface area contributed by atoms with E-state index >= 15 is 0 Å². The van der Waals surface area contributed by atoms with Crippen molar-refractivity contribution >= 4 is 8.07 Å². The molecular weight excluding hydrogens is 549 g/mol. The molecule has 3 aliphatic rings. The lowest BCUT2D eigenvalue weighted by molar-refractivity contribution is -0.113. The Hall–Kier alpha value is -4.42. The molecule has 0 saturated heterocycles. The fourth-order valence-corrected chi connectivity index (χ4v) is 6.67. The predicted octanol–water partition coefficient (Wildman–Crippen LogP) is 10.0. The summed E-state index contributed by atoms with van der Waals surface area (Å²) in [4.78, 5) is 0. The molecule has 0 aromatic heterocycles. The number of hydrogen-bond donors (Lipinski definition) is 0. The Morgan fingerprint density at radius 3 is 1.27 bits per heavy atom. The molecule has 4 aromatic carbocycles. The molecular formula is C42H40OSi. The zero-order valence-corrected chi connectivity index (χ0v) is 27.8. The average Bonchev–Trinajstić information content (AvgIpc) is 2.94. The van der Waals surface area contributed by atoms with Crippen LogP contribution in [-0.2, 0) is 0 Å². The van der Waals surface area contributed by atoms with Crippen molar-refractivity contribution in [3.05, 3.63) is 114 Å². The Balaban J connectivity index is 1.04. The summed E-state index contributed by atoms with van der Waals surface area (Å²) in [5.74, 6) is 18.1. The average molecular weight is 589 g/mol. The summed E-state index contributed by atoms with van der Waals surface area (Å²) >= 11 is 0. The fourth-order valence-electron chi connectivity index (χ4n) is 6.03. The van der Waals surface area contributed by atoms with E-state index in [-0.39, 0.29) is 16.4 Å². The van der Waals surface area contributed by atoms with E-state index < -0.39 is 8.07 Å². The third-order valence-electron chi connectivity index (χ3n) is 8.16. The Labute approximate surface area is 265 Å². The van der Waals surface area contributed by atoms with Crippen molar-refractivity contribution in [1.29, 1.82) is 0 Å². The quantitative estimate of drug-likeness (QED) is 0.171. The third-order valence-corrected chi connectivity index (χ3v) is 9.03. The van der Waals surface area contributed by atoms with E-state index in [4.69, 9.17) is 4.74 Å². The Morgan fingerprint density at radius 1 is 0.523 bits per heavy atom. The summed E-state index contributed by atoms with van der Waals surface area (Å²) in [5, 5.41) is 0. The molecule has 2 bridgehead atoms. The van der Waals surface area contributed by atoms with Gasteiger partial charge in [0.25, 0.3) is 0 Å². The monoisotopic (exact) mass is 588 g/mol. The molecule has 0 N–H and O–H groups in total. The second-order valence-corrected chi connectivity index (χ2v) is 19.3. The Bertz CT molecular complexity index is 1830. The van der Waals surface area contributed by atoms with Crippen LogP contribution in [0.3, 0.4) is 0 Å². The lowest BCUT2D eigenvalue weighted by Crippen LogP contribution is -2.60. The number of rotatable bonds is 3. The van der Waals surface area contributed by atoms with Gasteiger partial charge in [-0.3, -0.25) is 0 Å². The van der Waals surface area contributed by atoms with Crippen LogP contribution < -0.4 is 4.74 Å². The van der Waals surface area contributed by atoms with Crippen LogP contribution in [0.2, 0.25) is 19.6 Å². The van der Waals surface area contributed by atoms with Gasteiger partial charge in [0.05, 0.1) is 0 Å². The molecule has 0 unspecified atom stereocenters. The number of hydrogen-bond acceptors (Lipinski definition) is 1. The Morgan fingerprint density at radius 2 is 0.886 bits per heavy atom. The third kappa shape index (κ3) is 7.03. The van der Waals surface area contributed by atoms with Crippen LogP contribution in [0.25, 0.3) is 22.3 Å². The van der Waals surface area contributed by atoms with Crippen LogP contribution >= 0.6 is 0 Å². The van der Waals surface area contributed by atoms with Crippen LogP contribution in [0.4, 0.5) is 0 Å². The van der Waals surface area contributed by atoms with Gasteiger partial charge in [-0.25, -0.2) is 0 Å². The summed E-state index contributed by atoms with van der Waals surface area (Å²) in [7, 11) is -1.30. The fraction of sp³-hybridized carbons (Fsp3) is 0.286. The molecule has 0 amide bonds. The second kappa shape index (κ2) is 11.3. The van der Waals surface area contributed by atoms with Gasteiger partial charge in [-0.05, 0) is 111 Å². The first-order chi connectivity index (χ1) is 20.9. The molecule has 3 fully saturated rings. The molecule has 4 aromatic rings. The molecule has 0 atom stereocenters. The van der Waals surface area contributed by atoms with Crippen LogP contribution in [0.1, 0.15) is 56.7 Å². The van der Waals surface area contributed by atoms with Crippen molar-refractivity contribution in [3.63, 3.8) is 0 Å². The molecule has 7 rings (SSSR count). The van der Waals surface area contributed by atoms with Gasteiger partial charge in [-0.15, -0.1) is 11.5 Å². The van der Waals surface area contributed by atoms with E-state index in [1.165, 1.54) is 11.1 Å². The minimum atomic E-state index is -1.30. The topological polar surface area (TPSA) is 9.23 Å². The molecule has 0 spiro atoms. The Kier molecular flexibility index (Phi) is 7.58. The standard InChI is InChI=1S/C42H40OSi/c1-40(2,3)43-39-23-21-38(22-24-39)37-17-11-33(12-18-37)8-7-32-9-15-35(16-10-32)36-19-13-34(14-20-36)25-26-41-29-42(30-41,31-41)27-28-44(4,5)6/h9-24H,29-31H2,1-6H3. The smallest absolute Gasteiger partial charge is 0.129 e. The van der Waals surface area contributed by atoms with Gasteiger partial charge in [0.2, 0.25) is 0 Å². The van der Waals surface area contributed by atoms with Crippen LogP contribution in [0, 0.1) is 46.0 Å². The maximum atomic E-state index is 5.94. The van der Waals surface area contributed by atoms with Gasteiger partial charge < -0.3 is 4.74 Å². The van der Waals surface area contributed by atoms with E-state index in [1.807, 2.05) is 12.1 Å². The molecule has 2 heteroatoms. The maximum absolute atomic E-state index is 5.94. The molecule has 3 aliphatic carbocycles. The predicted molar refractivity (Wildman–Crippen MR) is 187 cm³/mol. The first kappa shape index (κ1) is 29.6. The lowest BCUT2D eigenvalue weighted by atomic mass is 9.36. The number of ether oxygens (including phenoxy) is 1. The summed E-state index contributed by atoms with van der Waals surface area (Å²) in [6.45, 7) is 13.1. The minimum Gasteiger partial charge on any atom is -0.488 e. The van der Waals surface area contributed by atoms with Gasteiger partial charge in [-0.2, -0.15) is 0 Å². The molecule has 0 radical (unpaired) electrons. The molecule has 218 valence electrons. The van der Waals surface area contributed by atoms with E-state index in [0.29, 0.717) is 0 Å². The zero-order chi connectivity index (χ0) is 31.0. The minimum absolute atomic E-state index is 0.202. The highest BCUT2D eigenvalue weighted by Crippen LogP contribution is 2.72. The van der Waals surface area contributed by atoms with Gasteiger partial charge in [0.1, 0.15) is 19.4 Å². The van der Waals surface area contributed by atoms with Gasteiger partial charge >= 0.3 is 0 Å². The van der Waals surface area contributed by atoms with E-state index in [0.717, 1.165) is 52.8 Å². The van der Waals surface area contributed by atoms with Crippen molar-refractivity contribution in [2.75, 3.05) is 0 Å². The number of benzene rings is 4. The summed E-state index contributed by atoms with van der Waals surface area (Å²) < 4.78 is 5.94. The first-order valence-corrected chi connectivity index (χ1v) is 19.1. The van der Waals surface area contributed by atoms with E-state index in [2.05, 4.69) is 160 Å². The summed E-state index contributed by atoms with van der Waals surface area (Å²) in [5.41, 5.74) is 11.7. The summed E-state index contributed by atoms with van der Waals surface area (Å²) in [6.07, 6.45) is 3.48. The largest absolute Gasteiger partial charge is 0.488 e. The molecule has 0 aliphatic heterocycles. The first-order valence-electron chi connectivity index (χ1n) is 15.6. The van der Waals surface area contributed by atoms with E-state index in [1.54, 1.807) is 0 Å². The molecule has 0 heterocycles. The summed E-state index contributed by atoms with van der Waals surface area (Å²) in [6, 6.07) is 33.7. The molecule has 1 nitrogen and oxygen atoms in total. The van der Waals surface area contributed by atoms with Crippen molar-refractivity contribution in [1.82, 2.24) is 0 Å². The molecule has 44 heavy (non-hydrogen) atoms. The van der Waals surface area contributed by atoms with Crippen molar-refractivity contribution < 1.29 is 4.74 Å². The second-order valence-electron chi connectivity index (χ2n) is 14.6. The highest BCUT2D eigenvalue weighted by molar-refractivity contribution is 6.83. The highest BCUT2D eigenvalue weighted by Gasteiger charge is 2.66.